The van der Waals surface area contributed by atoms with Crippen LogP contribution >= 0.6 is 67.1 Å². The van der Waals surface area contributed by atoms with E-state index in [0.717, 1.165) is 31.9 Å². The van der Waals surface area contributed by atoms with E-state index in [4.69, 9.17) is 37.4 Å². The minimum absolute atomic E-state index is 0.315. The van der Waals surface area contributed by atoms with Gasteiger partial charge >= 0.3 is 0 Å². The van der Waals surface area contributed by atoms with E-state index >= 15 is 0 Å². The maximum atomic E-state index is 6.63. The van der Waals surface area contributed by atoms with Crippen LogP contribution in [-0.2, 0) is 15.3 Å². The van der Waals surface area contributed by atoms with Crippen LogP contribution in [0, 0.1) is 0 Å². The van der Waals surface area contributed by atoms with Gasteiger partial charge in [-0.15, -0.1) is 0 Å². The Morgan fingerprint density at radius 3 is 2.51 bits per heavy atom. The average molecular weight is 772 g/mol. The lowest BCUT2D eigenvalue weighted by Gasteiger charge is -2.38. The van der Waals surface area contributed by atoms with Crippen molar-refractivity contribution in [3.8, 4) is 5.75 Å². The van der Waals surface area contributed by atoms with Gasteiger partial charge < -0.3 is 19.1 Å². The summed E-state index contributed by atoms with van der Waals surface area (Å²) in [6, 6.07) is 14.2. The molecule has 2 atom stereocenters. The number of anilines is 1. The van der Waals surface area contributed by atoms with Gasteiger partial charge in [-0.1, -0.05) is 29.3 Å². The molecular weight excluding hydrogens is 743 g/mol. The summed E-state index contributed by atoms with van der Waals surface area (Å²) in [6.45, 7) is 9.78. The topological polar surface area (TPSA) is 62.1 Å². The first-order valence-corrected chi connectivity index (χ1v) is 15.9. The molecule has 3 aliphatic rings. The van der Waals surface area contributed by atoms with Crippen molar-refractivity contribution in [2.45, 2.75) is 29.3 Å². The normalized spacial score (nSPS) is 26.2. The van der Waals surface area contributed by atoms with Crippen molar-refractivity contribution in [1.82, 2.24) is 8.12 Å². The fraction of sp³-hybridized carbons (Fsp3) is 0.480. The number of hydrogen-bond acceptors (Lipinski definition) is 8. The molecule has 3 heterocycles. The van der Waals surface area contributed by atoms with Gasteiger partial charge in [-0.05, 0) is 72.8 Å². The molecule has 0 N–H and O–H groups in total. The number of piperazine rings is 1. The van der Waals surface area contributed by atoms with Crippen LogP contribution in [0.3, 0.4) is 0 Å². The lowest BCUT2D eigenvalue weighted by molar-refractivity contribution is -0.185. The molecule has 2 saturated heterocycles. The summed E-state index contributed by atoms with van der Waals surface area (Å²) >= 11 is 14.4. The zero-order chi connectivity index (χ0) is 26.0. The molecule has 0 amide bonds. The van der Waals surface area contributed by atoms with E-state index < -0.39 is 30.7 Å². The van der Waals surface area contributed by atoms with E-state index in [2.05, 4.69) is 66.6 Å². The maximum absolute atomic E-state index is 6.63. The molecule has 200 valence electrons. The van der Waals surface area contributed by atoms with Crippen molar-refractivity contribution in [1.29, 1.82) is 0 Å². The van der Waals surface area contributed by atoms with Gasteiger partial charge in [0.1, 0.15) is 46.5 Å². The van der Waals surface area contributed by atoms with Crippen molar-refractivity contribution >= 4 is 79.1 Å². The molecule has 0 bridgehead atoms. The number of hydrogen-bond donors (Lipinski definition) is 0. The fourth-order valence-electron chi connectivity index (χ4n) is 4.59. The molecule has 0 spiro atoms. The van der Waals surface area contributed by atoms with E-state index in [1.165, 1.54) is 5.69 Å². The summed E-state index contributed by atoms with van der Waals surface area (Å²) in [4.78, 5) is 4.94. The van der Waals surface area contributed by atoms with Crippen LogP contribution in [0.15, 0.2) is 50.7 Å². The Balaban J connectivity index is 1.24. The summed E-state index contributed by atoms with van der Waals surface area (Å²) in [5, 5.41) is 5.38. The van der Waals surface area contributed by atoms with Crippen LogP contribution in [-0.4, -0.2) is 70.0 Å². The highest BCUT2D eigenvalue weighted by Gasteiger charge is 2.53. The molecule has 5 rings (SSSR count). The highest BCUT2D eigenvalue weighted by atomic mass is 127. The molecule has 0 aromatic heterocycles. The largest absolute Gasteiger partial charge is 0.490 e. The van der Waals surface area contributed by atoms with Crippen LogP contribution in [0.5, 0.6) is 5.75 Å². The molecular formula is C25H29Cl2I2N5O3. The van der Waals surface area contributed by atoms with Crippen LogP contribution in [0.2, 0.25) is 10.0 Å². The van der Waals surface area contributed by atoms with Crippen molar-refractivity contribution in [3.63, 3.8) is 0 Å². The number of nitrogens with zero attached hydrogens (tertiary/aromatic N) is 5. The summed E-state index contributed by atoms with van der Waals surface area (Å²) in [6.07, 6.45) is 1.58. The summed E-state index contributed by atoms with van der Waals surface area (Å²) in [5.74, 6) is -0.314. The van der Waals surface area contributed by atoms with Gasteiger partial charge in [-0.25, -0.2) is 3.22 Å². The highest BCUT2D eigenvalue weighted by molar-refractivity contribution is 14.1. The first-order chi connectivity index (χ1) is 17.8. The molecule has 8 nitrogen and oxygen atoms in total. The fourth-order valence-corrected chi connectivity index (χ4v) is 7.14. The van der Waals surface area contributed by atoms with E-state index in [1.54, 1.807) is 18.5 Å². The van der Waals surface area contributed by atoms with Gasteiger partial charge in [0, 0.05) is 48.5 Å². The van der Waals surface area contributed by atoms with Gasteiger partial charge in [0.05, 0.1) is 11.6 Å². The van der Waals surface area contributed by atoms with E-state index in [0.29, 0.717) is 41.4 Å². The molecule has 0 radical (unpaired) electrons. The number of halogens is 4. The molecule has 0 aliphatic carbocycles. The number of rotatable bonds is 8. The lowest BCUT2D eigenvalue weighted by atomic mass is 10.1. The lowest BCUT2D eigenvalue weighted by Crippen LogP contribution is -2.48. The zero-order valence-corrected chi connectivity index (χ0v) is 26.4. The zero-order valence-electron chi connectivity index (χ0n) is 20.6. The predicted molar refractivity (Wildman–Crippen MR) is 164 cm³/mol. The van der Waals surface area contributed by atoms with Crippen LogP contribution in [0.1, 0.15) is 19.4 Å². The molecule has 0 unspecified atom stereocenters. The number of benzene rings is 2. The second-order valence-corrected chi connectivity index (χ2v) is 14.4. The summed E-state index contributed by atoms with van der Waals surface area (Å²) < 4.78 is 24.6. The third-order valence-electron chi connectivity index (χ3n) is 6.60. The monoisotopic (exact) mass is 771 g/mol. The average Bonchev–Trinajstić information content (AvgIpc) is 3.51. The Labute approximate surface area is 251 Å². The Hall–Kier alpha value is -0.770. The van der Waals surface area contributed by atoms with E-state index in [-0.39, 0.29) is 0 Å². The molecule has 3 aliphatic heterocycles. The third kappa shape index (κ3) is 6.52. The van der Waals surface area contributed by atoms with Gasteiger partial charge in [0.25, 0.3) is 0 Å². The first-order valence-electron chi connectivity index (χ1n) is 12.1. The van der Waals surface area contributed by atoms with Gasteiger partial charge in [0.15, 0.2) is 3.61 Å². The van der Waals surface area contributed by atoms with Gasteiger partial charge in [-0.2, -0.15) is 8.25 Å². The summed E-state index contributed by atoms with van der Waals surface area (Å²) in [5.41, 5.74) is 1.93. The van der Waals surface area contributed by atoms with Crippen molar-refractivity contribution in [2.75, 3.05) is 50.8 Å². The molecule has 0 saturated carbocycles. The molecule has 2 aromatic carbocycles. The maximum Gasteiger partial charge on any atom is 0.218 e. The third-order valence-corrected chi connectivity index (χ3v) is 9.58. The number of ether oxygens (including phenoxy) is 3. The Kier molecular flexibility index (Phi) is 8.84. The standard InChI is InChI=1S/C25H29Cl2I2N5O3/c1-18(2)32-9-11-33(12-10-32)20-4-6-21(7-5-20)35-15-24(28)16-36-25(37-24,14-34-29-30-17-31-34)22-8-3-19(26)13-23(22)27/h3-8,13,17-18H,9-12,14-16H2,1-2H3/t24-,25-/m0/s1. The van der Waals surface area contributed by atoms with Crippen molar-refractivity contribution in [3.05, 3.63) is 58.1 Å². The second-order valence-electron chi connectivity index (χ2n) is 9.45. The minimum Gasteiger partial charge on any atom is -0.490 e. The number of alkyl halides is 1. The van der Waals surface area contributed by atoms with Gasteiger partial charge in [0.2, 0.25) is 5.79 Å². The van der Waals surface area contributed by atoms with Crippen molar-refractivity contribution in [2.24, 2.45) is 8.25 Å². The van der Waals surface area contributed by atoms with E-state index in [9.17, 15) is 0 Å². The van der Waals surface area contributed by atoms with Crippen LogP contribution in [0.4, 0.5) is 5.69 Å². The Morgan fingerprint density at radius 2 is 1.86 bits per heavy atom. The quantitative estimate of drug-likeness (QED) is 0.180. The Bertz CT molecular complexity index is 1150. The molecule has 12 heteroatoms. The van der Waals surface area contributed by atoms with E-state index in [1.807, 2.05) is 21.4 Å². The smallest absolute Gasteiger partial charge is 0.218 e. The molecule has 2 fully saturated rings. The first kappa shape index (κ1) is 27.8. The highest BCUT2D eigenvalue weighted by Crippen LogP contribution is 2.47. The minimum atomic E-state index is -1.11. The predicted octanol–water partition coefficient (Wildman–Crippen LogP) is 6.26. The SMILES string of the molecule is CC(C)N1CCN(c2ccc(OC[C@@]3(I)CO[C@](CN4N=CN=I4)(c4ccc(Cl)cc4Cl)O3)cc2)CC1. The van der Waals surface area contributed by atoms with Gasteiger partial charge in [-0.3, -0.25) is 4.90 Å². The summed E-state index contributed by atoms with van der Waals surface area (Å²) in [7, 11) is 0. The van der Waals surface area contributed by atoms with Crippen molar-refractivity contribution < 1.29 is 14.2 Å². The Morgan fingerprint density at radius 1 is 1.11 bits per heavy atom. The number of hydrazone groups is 1. The molecule has 2 aromatic rings. The second kappa shape index (κ2) is 11.8. The van der Waals surface area contributed by atoms with Crippen LogP contribution in [0.25, 0.3) is 0 Å². The van der Waals surface area contributed by atoms with Crippen LogP contribution < -0.4 is 9.64 Å². The molecule has 37 heavy (non-hydrogen) atoms.